The molecule has 176 valence electrons. The van der Waals surface area contributed by atoms with Crippen LogP contribution in [-0.4, -0.2) is 47.4 Å². The smallest absolute Gasteiger partial charge is 0.446 e. The van der Waals surface area contributed by atoms with E-state index in [1.165, 1.54) is 0 Å². The summed E-state index contributed by atoms with van der Waals surface area (Å²) in [5, 5.41) is 11.5. The van der Waals surface area contributed by atoms with Crippen LogP contribution < -0.4 is 0 Å². The van der Waals surface area contributed by atoms with Crippen LogP contribution in [0.2, 0.25) is 0 Å². The van der Waals surface area contributed by atoms with Crippen LogP contribution in [-0.2, 0) is 23.8 Å². The zero-order valence-electron chi connectivity index (χ0n) is 18.8. The van der Waals surface area contributed by atoms with Gasteiger partial charge in [-0.2, -0.15) is 0 Å². The number of alkyl halides is 1. The highest BCUT2D eigenvalue weighted by Gasteiger charge is 2.71. The summed E-state index contributed by atoms with van der Waals surface area (Å²) < 4.78 is 15.9. The Balaban J connectivity index is 1.73. The Labute approximate surface area is 193 Å². The highest BCUT2D eigenvalue weighted by atomic mass is 35.5. The molecule has 3 fully saturated rings. The van der Waals surface area contributed by atoms with E-state index in [2.05, 4.69) is 6.92 Å². The van der Waals surface area contributed by atoms with Crippen molar-refractivity contribution in [2.24, 2.45) is 28.6 Å². The summed E-state index contributed by atoms with van der Waals surface area (Å²) in [5.74, 6) is -0.676. The first-order valence-corrected chi connectivity index (χ1v) is 11.9. The van der Waals surface area contributed by atoms with Crippen molar-refractivity contribution in [2.75, 3.05) is 12.7 Å². The van der Waals surface area contributed by atoms with E-state index in [-0.39, 0.29) is 49.1 Å². The van der Waals surface area contributed by atoms with Gasteiger partial charge in [-0.25, -0.2) is 9.59 Å². The van der Waals surface area contributed by atoms with Gasteiger partial charge >= 0.3 is 12.1 Å². The molecule has 3 saturated carbocycles. The van der Waals surface area contributed by atoms with Crippen molar-refractivity contribution < 1.29 is 33.7 Å². The molecule has 0 heterocycles. The molecule has 1 N–H and O–H groups in total. The van der Waals surface area contributed by atoms with E-state index in [0.29, 0.717) is 6.42 Å². The minimum Gasteiger partial charge on any atom is -0.446 e. The van der Waals surface area contributed by atoms with E-state index in [4.69, 9.17) is 25.8 Å². The topological polar surface area (TPSA) is 99.1 Å². The van der Waals surface area contributed by atoms with Gasteiger partial charge in [-0.3, -0.25) is 4.79 Å². The lowest BCUT2D eigenvalue weighted by atomic mass is 9.46. The number of carbonyl (C=O) groups excluding carboxylic acids is 3. The third-order valence-electron chi connectivity index (χ3n) is 8.65. The molecule has 7 atom stereocenters. The van der Waals surface area contributed by atoms with Gasteiger partial charge in [0.05, 0.1) is 12.7 Å². The molecule has 0 aromatic heterocycles. The van der Waals surface area contributed by atoms with Gasteiger partial charge in [0.25, 0.3) is 0 Å². The van der Waals surface area contributed by atoms with E-state index < -0.39 is 34.7 Å². The lowest BCUT2D eigenvalue weighted by molar-refractivity contribution is -0.199. The average molecular weight is 467 g/mol. The second-order valence-corrected chi connectivity index (χ2v) is 10.1. The van der Waals surface area contributed by atoms with E-state index in [9.17, 15) is 19.5 Å². The molecule has 0 aromatic rings. The number of esters is 1. The maximum Gasteiger partial charge on any atom is 0.509 e. The van der Waals surface area contributed by atoms with Crippen molar-refractivity contribution in [3.63, 3.8) is 0 Å². The van der Waals surface area contributed by atoms with Crippen LogP contribution >= 0.6 is 11.6 Å². The maximum atomic E-state index is 13.2. The molecule has 0 saturated heterocycles. The molecule has 7 nitrogen and oxygen atoms in total. The second kappa shape index (κ2) is 8.17. The van der Waals surface area contributed by atoms with Crippen molar-refractivity contribution in [2.45, 2.75) is 64.6 Å². The zero-order valence-corrected chi connectivity index (χ0v) is 19.5. The fourth-order valence-corrected chi connectivity index (χ4v) is 7.41. The van der Waals surface area contributed by atoms with Gasteiger partial charge in [0.15, 0.2) is 11.8 Å². The number of aliphatic hydroxyl groups is 1. The molecule has 8 heteroatoms. The van der Waals surface area contributed by atoms with Gasteiger partial charge < -0.3 is 19.3 Å². The first-order valence-electron chi connectivity index (χ1n) is 11.3. The third-order valence-corrected chi connectivity index (χ3v) is 8.76. The van der Waals surface area contributed by atoms with Crippen molar-refractivity contribution in [3.8, 4) is 0 Å². The van der Waals surface area contributed by atoms with Gasteiger partial charge in [0, 0.05) is 16.7 Å². The van der Waals surface area contributed by atoms with Crippen molar-refractivity contribution in [1.82, 2.24) is 0 Å². The van der Waals surface area contributed by atoms with Crippen LogP contribution in [0.3, 0.4) is 0 Å². The lowest BCUT2D eigenvalue weighted by Crippen LogP contribution is -2.62. The van der Waals surface area contributed by atoms with Gasteiger partial charge in [-0.15, -0.1) is 0 Å². The fraction of sp³-hybridized carbons (Fsp3) is 0.708. The molecule has 4 aliphatic carbocycles. The minimum absolute atomic E-state index is 0.0161. The van der Waals surface area contributed by atoms with Crippen LogP contribution in [0.15, 0.2) is 23.8 Å². The minimum atomic E-state index is -1.57. The normalized spacial score (nSPS) is 42.3. The van der Waals surface area contributed by atoms with Gasteiger partial charge in [0.2, 0.25) is 5.60 Å². The molecular weight excluding hydrogens is 436 g/mol. The molecule has 6 unspecified atom stereocenters. The monoisotopic (exact) mass is 466 g/mol. The number of allylic oxidation sites excluding steroid dienone is 4. The number of aliphatic hydroxyl groups excluding tert-OH is 1. The number of carbonyl (C=O) groups is 3. The van der Waals surface area contributed by atoms with Gasteiger partial charge in [-0.1, -0.05) is 37.1 Å². The first kappa shape index (κ1) is 23.3. The van der Waals surface area contributed by atoms with E-state index in [1.807, 2.05) is 13.0 Å². The molecule has 4 rings (SSSR count). The van der Waals surface area contributed by atoms with E-state index in [0.717, 1.165) is 18.4 Å². The zero-order chi connectivity index (χ0) is 23.3. The Morgan fingerprint density at radius 2 is 2.00 bits per heavy atom. The molecule has 0 aromatic carbocycles. The number of rotatable bonds is 4. The SMILES string of the molecule is CCOC(=O)O[C@]1(C(=O)OCCl)CCC2C3CCC4=CC(=O)C=CC4(C)C3C(O)CC21C. The summed E-state index contributed by atoms with van der Waals surface area (Å²) in [6.07, 6.45) is 6.31. The number of hydrogen-bond donors (Lipinski definition) is 1. The molecule has 0 amide bonds. The Bertz CT molecular complexity index is 882. The Morgan fingerprint density at radius 3 is 2.69 bits per heavy atom. The first-order chi connectivity index (χ1) is 15.1. The van der Waals surface area contributed by atoms with Crippen LogP contribution in [0.5, 0.6) is 0 Å². The summed E-state index contributed by atoms with van der Waals surface area (Å²) in [7, 11) is 0. The Morgan fingerprint density at radius 1 is 1.25 bits per heavy atom. The number of hydrogen-bond acceptors (Lipinski definition) is 7. The number of fused-ring (bicyclic) bond motifs is 5. The quantitative estimate of drug-likeness (QED) is 0.495. The molecule has 0 aliphatic heterocycles. The maximum absolute atomic E-state index is 13.2. The third kappa shape index (κ3) is 3.23. The average Bonchev–Trinajstić information content (AvgIpc) is 3.01. The molecule has 0 spiro atoms. The summed E-state index contributed by atoms with van der Waals surface area (Å²) >= 11 is 5.70. The largest absolute Gasteiger partial charge is 0.509 e. The standard InChI is InChI=1S/C24H31ClO7/c1-4-30-21(29)32-24(20(28)31-13-25)10-8-17-16-6-5-14-11-15(26)7-9-22(14,2)19(16)18(27)12-23(17,24)3/h7,9,11,16-19,27H,4-6,8,10,12-13H2,1-3H3/t16?,17?,18?,19?,22?,23?,24-/m0/s1. The number of ketones is 1. The number of halogens is 1. The highest BCUT2D eigenvalue weighted by molar-refractivity contribution is 6.17. The van der Waals surface area contributed by atoms with Gasteiger partial charge in [0.1, 0.15) is 0 Å². The van der Waals surface area contributed by atoms with Crippen LogP contribution in [0.4, 0.5) is 4.79 Å². The highest BCUT2D eigenvalue weighted by Crippen LogP contribution is 2.68. The number of ether oxygens (including phenoxy) is 3. The summed E-state index contributed by atoms with van der Waals surface area (Å²) in [6, 6.07) is -0.354. The van der Waals surface area contributed by atoms with Crippen LogP contribution in [0.1, 0.15) is 52.9 Å². The predicted molar refractivity (Wildman–Crippen MR) is 116 cm³/mol. The van der Waals surface area contributed by atoms with Crippen LogP contribution in [0.25, 0.3) is 0 Å². The van der Waals surface area contributed by atoms with Crippen molar-refractivity contribution in [1.29, 1.82) is 0 Å². The molecule has 32 heavy (non-hydrogen) atoms. The molecule has 0 bridgehead atoms. The van der Waals surface area contributed by atoms with E-state index in [1.54, 1.807) is 19.1 Å². The predicted octanol–water partition coefficient (Wildman–Crippen LogP) is 3.92. The van der Waals surface area contributed by atoms with Gasteiger partial charge in [-0.05, 0) is 63.0 Å². The summed E-state index contributed by atoms with van der Waals surface area (Å²) in [4.78, 5) is 37.5. The summed E-state index contributed by atoms with van der Waals surface area (Å²) in [5.41, 5.74) is -1.76. The van der Waals surface area contributed by atoms with Crippen molar-refractivity contribution in [3.05, 3.63) is 23.8 Å². The van der Waals surface area contributed by atoms with Crippen LogP contribution in [0, 0.1) is 28.6 Å². The molecular formula is C24H31ClO7. The molecule has 0 radical (unpaired) electrons. The lowest BCUT2D eigenvalue weighted by Gasteiger charge is -2.59. The second-order valence-electron chi connectivity index (χ2n) is 9.90. The Kier molecular flexibility index (Phi) is 5.95. The summed E-state index contributed by atoms with van der Waals surface area (Å²) in [6.45, 7) is 5.77. The van der Waals surface area contributed by atoms with Crippen molar-refractivity contribution >= 4 is 29.5 Å². The fourth-order valence-electron chi connectivity index (χ4n) is 7.31. The molecule has 4 aliphatic rings. The van der Waals surface area contributed by atoms with E-state index >= 15 is 0 Å². The Hall–Kier alpha value is -1.86.